The third-order valence-corrected chi connectivity index (χ3v) is 8.26. The lowest BCUT2D eigenvalue weighted by molar-refractivity contribution is -0.126. The van der Waals surface area contributed by atoms with Crippen molar-refractivity contribution in [1.82, 2.24) is 9.62 Å². The van der Waals surface area contributed by atoms with Gasteiger partial charge in [0.1, 0.15) is 17.8 Å². The number of hydrogen-bond donors (Lipinski definition) is 1. The summed E-state index contributed by atoms with van der Waals surface area (Å²) in [6.07, 6.45) is 8.32. The number of nitrogens with one attached hydrogen (secondary N) is 1. The molecule has 1 aromatic rings. The Kier molecular flexibility index (Phi) is 3.48. The van der Waals surface area contributed by atoms with Crippen molar-refractivity contribution in [1.29, 1.82) is 0 Å². The summed E-state index contributed by atoms with van der Waals surface area (Å²) in [5, 5.41) is 3.23. The predicted octanol–water partition coefficient (Wildman–Crippen LogP) is 2.44. The summed E-state index contributed by atoms with van der Waals surface area (Å²) >= 11 is 0. The zero-order valence-corrected chi connectivity index (χ0v) is 15.4. The van der Waals surface area contributed by atoms with Gasteiger partial charge < -0.3 is 5.32 Å². The van der Waals surface area contributed by atoms with Crippen molar-refractivity contribution in [2.75, 3.05) is 6.54 Å². The molecule has 4 aliphatic carbocycles. The van der Waals surface area contributed by atoms with Gasteiger partial charge in [0.2, 0.25) is 5.91 Å². The van der Waals surface area contributed by atoms with E-state index in [1.807, 2.05) is 0 Å². The third-order valence-electron chi connectivity index (χ3n) is 6.52. The number of hydrogen-bond acceptors (Lipinski definition) is 4. The molecule has 1 aliphatic heterocycles. The largest absolute Gasteiger partial charge is 0.349 e. The molecule has 1 amide bonds. The molecule has 0 aromatic heterocycles. The molecule has 0 radical (unpaired) electrons. The first-order chi connectivity index (χ1) is 12.4. The molecular weight excluding hydrogens is 350 g/mol. The molecule has 4 saturated carbocycles. The normalized spacial score (nSPS) is 36.0. The third kappa shape index (κ3) is 2.55. The molecule has 0 saturated heterocycles. The van der Waals surface area contributed by atoms with Crippen LogP contribution in [0.4, 0.5) is 5.69 Å². The number of fused-ring (bicyclic) bond motifs is 1. The molecule has 4 bridgehead atoms. The van der Waals surface area contributed by atoms with Crippen LogP contribution in [-0.4, -0.2) is 37.1 Å². The topological polar surface area (TPSA) is 78.8 Å². The fourth-order valence-electron chi connectivity index (χ4n) is 5.96. The van der Waals surface area contributed by atoms with Gasteiger partial charge in [-0.15, -0.1) is 0 Å². The second kappa shape index (κ2) is 5.55. The molecule has 0 unspecified atom stereocenters. The van der Waals surface area contributed by atoms with Crippen LogP contribution in [0.3, 0.4) is 0 Å². The van der Waals surface area contributed by atoms with Gasteiger partial charge in [-0.1, -0.05) is 12.1 Å². The van der Waals surface area contributed by atoms with Gasteiger partial charge in [-0.3, -0.25) is 4.79 Å². The Morgan fingerprint density at radius 2 is 1.73 bits per heavy atom. The first-order valence-corrected chi connectivity index (χ1v) is 10.8. The standard InChI is InChI=1S/C19H23N3O3S/c23-18(21-19-8-13-5-14(9-19)7-15(6-13)10-19)11-22-12-20-16-3-1-2-4-17(16)26(22,24)25/h1-4,12-15H,5-11H2,(H,21,23). The van der Waals surface area contributed by atoms with Crippen LogP contribution in [-0.2, 0) is 14.8 Å². The number of carbonyl (C=O) groups is 1. The van der Waals surface area contributed by atoms with Gasteiger partial charge in [0.15, 0.2) is 0 Å². The van der Waals surface area contributed by atoms with E-state index < -0.39 is 10.0 Å². The van der Waals surface area contributed by atoms with Gasteiger partial charge in [-0.05, 0) is 68.4 Å². The summed E-state index contributed by atoms with van der Waals surface area (Å²) in [5.41, 5.74) is 0.311. The van der Waals surface area contributed by atoms with Gasteiger partial charge >= 0.3 is 0 Å². The Morgan fingerprint density at radius 3 is 2.38 bits per heavy atom. The lowest BCUT2D eigenvalue weighted by Gasteiger charge is -2.57. The fourth-order valence-corrected chi connectivity index (χ4v) is 7.31. The number of para-hydroxylation sites is 1. The molecule has 1 N–H and O–H groups in total. The predicted molar refractivity (Wildman–Crippen MR) is 97.5 cm³/mol. The molecule has 0 spiro atoms. The molecule has 7 heteroatoms. The van der Waals surface area contributed by atoms with Gasteiger partial charge in [0.25, 0.3) is 10.0 Å². The van der Waals surface area contributed by atoms with Crippen LogP contribution >= 0.6 is 0 Å². The highest BCUT2D eigenvalue weighted by atomic mass is 32.2. The summed E-state index contributed by atoms with van der Waals surface area (Å²) in [4.78, 5) is 17.1. The number of carbonyl (C=O) groups excluding carboxylic acids is 1. The van der Waals surface area contributed by atoms with Crippen molar-refractivity contribution >= 4 is 28.0 Å². The van der Waals surface area contributed by atoms with E-state index in [9.17, 15) is 13.2 Å². The molecule has 0 atom stereocenters. The van der Waals surface area contributed by atoms with E-state index in [0.29, 0.717) is 5.69 Å². The Labute approximate surface area is 153 Å². The molecule has 26 heavy (non-hydrogen) atoms. The maximum atomic E-state index is 12.8. The zero-order chi connectivity index (χ0) is 17.9. The molecule has 6 rings (SSSR count). The summed E-state index contributed by atoms with van der Waals surface area (Å²) in [6.45, 7) is -0.206. The molecule has 1 aromatic carbocycles. The van der Waals surface area contributed by atoms with Gasteiger partial charge in [0.05, 0.1) is 5.69 Å². The van der Waals surface area contributed by atoms with Crippen LogP contribution in [0, 0.1) is 17.8 Å². The minimum atomic E-state index is -3.72. The lowest BCUT2D eigenvalue weighted by atomic mass is 9.53. The van der Waals surface area contributed by atoms with Crippen LogP contribution < -0.4 is 5.32 Å². The number of rotatable bonds is 3. The van der Waals surface area contributed by atoms with Crippen LogP contribution in [0.2, 0.25) is 0 Å². The van der Waals surface area contributed by atoms with E-state index in [4.69, 9.17) is 0 Å². The van der Waals surface area contributed by atoms with Crippen molar-refractivity contribution in [2.45, 2.75) is 49.0 Å². The number of nitrogens with zero attached hydrogens (tertiary/aromatic N) is 2. The summed E-state index contributed by atoms with van der Waals surface area (Å²) in [6, 6.07) is 6.62. The van der Waals surface area contributed by atoms with Gasteiger partial charge in [-0.25, -0.2) is 17.7 Å². The molecule has 138 valence electrons. The smallest absolute Gasteiger partial charge is 0.267 e. The highest BCUT2D eigenvalue weighted by Crippen LogP contribution is 2.55. The fraction of sp³-hybridized carbons (Fsp3) is 0.579. The van der Waals surface area contributed by atoms with Crippen molar-refractivity contribution < 1.29 is 13.2 Å². The molecule has 4 fully saturated rings. The number of aliphatic imine (C=N–C) groups is 1. The average molecular weight is 373 g/mol. The maximum Gasteiger partial charge on any atom is 0.267 e. The number of benzene rings is 1. The first kappa shape index (κ1) is 16.3. The van der Waals surface area contributed by atoms with E-state index in [-0.39, 0.29) is 22.9 Å². The Hall–Kier alpha value is -1.89. The van der Waals surface area contributed by atoms with Crippen molar-refractivity contribution in [3.63, 3.8) is 0 Å². The monoisotopic (exact) mass is 373 g/mol. The average Bonchev–Trinajstić information content (AvgIpc) is 2.56. The van der Waals surface area contributed by atoms with E-state index >= 15 is 0 Å². The molecule has 6 nitrogen and oxygen atoms in total. The molecule has 5 aliphatic rings. The van der Waals surface area contributed by atoms with Crippen LogP contribution in [0.1, 0.15) is 38.5 Å². The summed E-state index contributed by atoms with van der Waals surface area (Å²) in [5.74, 6) is 1.97. The van der Waals surface area contributed by atoms with E-state index in [0.717, 1.165) is 41.3 Å². The highest BCUT2D eigenvalue weighted by Gasteiger charge is 2.51. The Morgan fingerprint density at radius 1 is 1.12 bits per heavy atom. The highest BCUT2D eigenvalue weighted by molar-refractivity contribution is 7.89. The van der Waals surface area contributed by atoms with E-state index in [2.05, 4.69) is 10.3 Å². The summed E-state index contributed by atoms with van der Waals surface area (Å²) < 4.78 is 26.6. The Balaban J connectivity index is 1.32. The molecule has 1 heterocycles. The van der Waals surface area contributed by atoms with Gasteiger partial charge in [-0.2, -0.15) is 0 Å². The second-order valence-corrected chi connectivity index (χ2v) is 10.4. The summed E-state index contributed by atoms with van der Waals surface area (Å²) in [7, 11) is -3.72. The van der Waals surface area contributed by atoms with Crippen LogP contribution in [0.25, 0.3) is 0 Å². The number of sulfonamides is 1. The minimum Gasteiger partial charge on any atom is -0.349 e. The van der Waals surface area contributed by atoms with E-state index in [1.165, 1.54) is 31.7 Å². The van der Waals surface area contributed by atoms with Crippen molar-refractivity contribution in [2.24, 2.45) is 22.7 Å². The van der Waals surface area contributed by atoms with Crippen LogP contribution in [0.15, 0.2) is 34.2 Å². The Bertz CT molecular complexity index is 858. The minimum absolute atomic E-state index is 0.111. The van der Waals surface area contributed by atoms with Crippen molar-refractivity contribution in [3.8, 4) is 0 Å². The molecular formula is C19H23N3O3S. The van der Waals surface area contributed by atoms with E-state index in [1.54, 1.807) is 18.2 Å². The zero-order valence-electron chi connectivity index (χ0n) is 14.6. The van der Waals surface area contributed by atoms with Crippen molar-refractivity contribution in [3.05, 3.63) is 24.3 Å². The quantitative estimate of drug-likeness (QED) is 0.884. The second-order valence-electron chi connectivity index (χ2n) is 8.51. The SMILES string of the molecule is O=C(CN1C=Nc2ccccc2S1(=O)=O)NC12CC3CC(CC(C3)C1)C2. The maximum absolute atomic E-state index is 12.8. The first-order valence-electron chi connectivity index (χ1n) is 9.40. The van der Waals surface area contributed by atoms with Gasteiger partial charge in [0, 0.05) is 5.54 Å². The lowest BCUT2D eigenvalue weighted by Crippen LogP contribution is -2.61. The van der Waals surface area contributed by atoms with Crippen LogP contribution in [0.5, 0.6) is 0 Å². The number of amides is 1.